The van der Waals surface area contributed by atoms with Crippen molar-refractivity contribution in [2.24, 2.45) is 0 Å². The van der Waals surface area contributed by atoms with Gasteiger partial charge in [-0.3, -0.25) is 9.78 Å². The van der Waals surface area contributed by atoms with E-state index in [4.69, 9.17) is 4.74 Å². The molecule has 0 saturated carbocycles. The third-order valence-electron chi connectivity index (χ3n) is 2.85. The highest BCUT2D eigenvalue weighted by atomic mass is 16.5. The van der Waals surface area contributed by atoms with Gasteiger partial charge in [-0.2, -0.15) is 0 Å². The molecule has 0 saturated heterocycles. The van der Waals surface area contributed by atoms with E-state index in [9.17, 15) is 9.90 Å². The average molecular weight is 311 g/mol. The Hall–Kier alpha value is -3.07. The van der Waals surface area contributed by atoms with E-state index in [-0.39, 0.29) is 18.1 Å². The van der Waals surface area contributed by atoms with Gasteiger partial charge < -0.3 is 15.2 Å². The van der Waals surface area contributed by atoms with Crippen LogP contribution in [0.15, 0.2) is 30.6 Å². The number of carbonyl (C=O) groups excluding carboxylic acids is 1. The van der Waals surface area contributed by atoms with Gasteiger partial charge in [0.05, 0.1) is 6.20 Å². The number of carbonyl (C=O) groups is 1. The minimum absolute atomic E-state index is 0.0145. The summed E-state index contributed by atoms with van der Waals surface area (Å²) in [5.74, 6) is 5.65. The number of nitrogens with one attached hydrogen (secondary N) is 1. The first-order valence-electron chi connectivity index (χ1n) is 7.11. The minimum Gasteiger partial charge on any atom is -0.505 e. The van der Waals surface area contributed by atoms with Crippen LogP contribution in [0.5, 0.6) is 11.5 Å². The van der Waals surface area contributed by atoms with Crippen molar-refractivity contribution in [1.29, 1.82) is 0 Å². The molecule has 6 heteroatoms. The van der Waals surface area contributed by atoms with Crippen LogP contribution in [-0.4, -0.2) is 34.1 Å². The lowest BCUT2D eigenvalue weighted by Crippen LogP contribution is -2.23. The molecule has 0 aliphatic heterocycles. The second-order valence-corrected chi connectivity index (χ2v) is 4.68. The SMILES string of the molecule is CCNC(=O)c1ncc(C#CCOc2ccc(C)nc2)cc1O. The first-order chi connectivity index (χ1) is 11.1. The molecule has 0 radical (unpaired) electrons. The van der Waals surface area contributed by atoms with E-state index in [2.05, 4.69) is 27.1 Å². The number of hydrogen-bond acceptors (Lipinski definition) is 5. The smallest absolute Gasteiger partial charge is 0.273 e. The molecular formula is C17H17N3O3. The van der Waals surface area contributed by atoms with Gasteiger partial charge >= 0.3 is 0 Å². The normalized spacial score (nSPS) is 9.65. The predicted octanol–water partition coefficient (Wildman–Crippen LogP) is 1.67. The van der Waals surface area contributed by atoms with E-state index in [0.29, 0.717) is 17.9 Å². The monoisotopic (exact) mass is 311 g/mol. The van der Waals surface area contributed by atoms with Gasteiger partial charge in [0.1, 0.15) is 18.1 Å². The van der Waals surface area contributed by atoms with Crippen LogP contribution in [0.3, 0.4) is 0 Å². The van der Waals surface area contributed by atoms with Gasteiger partial charge in [-0.15, -0.1) is 0 Å². The number of amides is 1. The first kappa shape index (κ1) is 16.3. The van der Waals surface area contributed by atoms with E-state index < -0.39 is 5.91 Å². The van der Waals surface area contributed by atoms with E-state index in [1.165, 1.54) is 12.3 Å². The van der Waals surface area contributed by atoms with Crippen LogP contribution in [0.2, 0.25) is 0 Å². The molecule has 23 heavy (non-hydrogen) atoms. The highest BCUT2D eigenvalue weighted by Crippen LogP contribution is 2.15. The third-order valence-corrected chi connectivity index (χ3v) is 2.85. The Morgan fingerprint density at radius 3 is 2.83 bits per heavy atom. The molecule has 1 amide bonds. The van der Waals surface area contributed by atoms with Crippen LogP contribution < -0.4 is 10.1 Å². The Morgan fingerprint density at radius 1 is 1.35 bits per heavy atom. The fourth-order valence-corrected chi connectivity index (χ4v) is 1.74. The van der Waals surface area contributed by atoms with Crippen LogP contribution in [0.1, 0.15) is 28.7 Å². The Bertz CT molecular complexity index is 746. The molecule has 0 aliphatic carbocycles. The summed E-state index contributed by atoms with van der Waals surface area (Å²) in [6.07, 6.45) is 3.07. The molecule has 2 heterocycles. The topological polar surface area (TPSA) is 84.3 Å². The predicted molar refractivity (Wildman–Crippen MR) is 85.3 cm³/mol. The summed E-state index contributed by atoms with van der Waals surface area (Å²) in [5.41, 5.74) is 1.40. The molecule has 2 rings (SSSR count). The number of aromatic hydroxyl groups is 1. The summed E-state index contributed by atoms with van der Waals surface area (Å²) in [6, 6.07) is 5.07. The highest BCUT2D eigenvalue weighted by Gasteiger charge is 2.11. The van der Waals surface area contributed by atoms with Crippen molar-refractivity contribution < 1.29 is 14.6 Å². The van der Waals surface area contributed by atoms with Crippen LogP contribution in [-0.2, 0) is 0 Å². The van der Waals surface area contributed by atoms with Crippen molar-refractivity contribution in [3.05, 3.63) is 47.5 Å². The number of rotatable bonds is 4. The molecule has 2 aromatic heterocycles. The summed E-state index contributed by atoms with van der Waals surface area (Å²) in [4.78, 5) is 19.7. The number of nitrogens with zero attached hydrogens (tertiary/aromatic N) is 2. The van der Waals surface area contributed by atoms with Crippen molar-refractivity contribution in [2.75, 3.05) is 13.2 Å². The van der Waals surface area contributed by atoms with Gasteiger partial charge in [0, 0.05) is 24.0 Å². The Balaban J connectivity index is 1.97. The Kier molecular flexibility index (Phi) is 5.53. The molecule has 0 aromatic carbocycles. The molecule has 6 nitrogen and oxygen atoms in total. The van der Waals surface area contributed by atoms with E-state index in [1.807, 2.05) is 19.1 Å². The van der Waals surface area contributed by atoms with Gasteiger partial charge in [0.2, 0.25) is 0 Å². The van der Waals surface area contributed by atoms with Crippen LogP contribution in [0.4, 0.5) is 0 Å². The molecule has 118 valence electrons. The number of hydrogen-bond donors (Lipinski definition) is 2. The average Bonchev–Trinajstić information content (AvgIpc) is 2.53. The van der Waals surface area contributed by atoms with Gasteiger partial charge in [-0.1, -0.05) is 11.8 Å². The van der Waals surface area contributed by atoms with Gasteiger partial charge in [-0.25, -0.2) is 4.98 Å². The second kappa shape index (κ2) is 7.80. The fraction of sp³-hybridized carbons (Fsp3) is 0.235. The van der Waals surface area contributed by atoms with Crippen molar-refractivity contribution in [3.63, 3.8) is 0 Å². The highest BCUT2D eigenvalue weighted by molar-refractivity contribution is 5.94. The second-order valence-electron chi connectivity index (χ2n) is 4.68. The molecule has 0 atom stereocenters. The summed E-state index contributed by atoms with van der Waals surface area (Å²) in [7, 11) is 0. The molecule has 2 N–H and O–H groups in total. The molecule has 2 aromatic rings. The lowest BCUT2D eigenvalue weighted by molar-refractivity contribution is 0.0948. The van der Waals surface area contributed by atoms with E-state index >= 15 is 0 Å². The van der Waals surface area contributed by atoms with Crippen molar-refractivity contribution >= 4 is 5.91 Å². The lowest BCUT2D eigenvalue weighted by atomic mass is 10.2. The fourth-order valence-electron chi connectivity index (χ4n) is 1.74. The molecule has 0 aliphatic rings. The van der Waals surface area contributed by atoms with Gasteiger partial charge in [-0.05, 0) is 32.0 Å². The summed E-state index contributed by atoms with van der Waals surface area (Å²) in [6.45, 7) is 4.34. The number of aryl methyl sites for hydroxylation is 1. The molecule has 0 unspecified atom stereocenters. The zero-order chi connectivity index (χ0) is 16.7. The van der Waals surface area contributed by atoms with Crippen molar-refractivity contribution in [2.45, 2.75) is 13.8 Å². The van der Waals surface area contributed by atoms with Crippen LogP contribution in [0, 0.1) is 18.8 Å². The lowest BCUT2D eigenvalue weighted by Gasteiger charge is -2.03. The first-order valence-corrected chi connectivity index (χ1v) is 7.11. The molecule has 0 spiro atoms. The summed E-state index contributed by atoms with van der Waals surface area (Å²) >= 11 is 0. The molecular weight excluding hydrogens is 294 g/mol. The number of pyridine rings is 2. The van der Waals surface area contributed by atoms with E-state index in [1.54, 1.807) is 13.1 Å². The Labute approximate surface area is 134 Å². The number of ether oxygens (including phenoxy) is 1. The maximum absolute atomic E-state index is 11.6. The Morgan fingerprint density at radius 2 is 2.17 bits per heavy atom. The van der Waals surface area contributed by atoms with Crippen molar-refractivity contribution in [1.82, 2.24) is 15.3 Å². The summed E-state index contributed by atoms with van der Waals surface area (Å²) in [5, 5.41) is 12.4. The maximum Gasteiger partial charge on any atom is 0.273 e. The zero-order valence-electron chi connectivity index (χ0n) is 13.0. The standard InChI is InChI=1S/C17H17N3O3/c1-3-18-17(22)16-15(21)9-13(10-20-16)5-4-8-23-14-7-6-12(2)19-11-14/h6-7,9-11,21H,3,8H2,1-2H3,(H,18,22). The van der Waals surface area contributed by atoms with Crippen molar-refractivity contribution in [3.8, 4) is 23.3 Å². The third kappa shape index (κ3) is 4.71. The maximum atomic E-state index is 11.6. The molecule has 0 bridgehead atoms. The largest absolute Gasteiger partial charge is 0.505 e. The van der Waals surface area contributed by atoms with E-state index in [0.717, 1.165) is 5.69 Å². The molecule has 0 fully saturated rings. The summed E-state index contributed by atoms with van der Waals surface area (Å²) < 4.78 is 5.42. The van der Waals surface area contributed by atoms with Crippen LogP contribution >= 0.6 is 0 Å². The van der Waals surface area contributed by atoms with Gasteiger partial charge in [0.15, 0.2) is 5.69 Å². The number of aromatic nitrogens is 2. The van der Waals surface area contributed by atoms with Crippen LogP contribution in [0.25, 0.3) is 0 Å². The zero-order valence-corrected chi connectivity index (χ0v) is 13.0. The van der Waals surface area contributed by atoms with Gasteiger partial charge in [0.25, 0.3) is 5.91 Å². The quantitative estimate of drug-likeness (QED) is 0.839. The minimum atomic E-state index is -0.417.